The average molecular weight is 278 g/mol. The summed E-state index contributed by atoms with van der Waals surface area (Å²) in [4.78, 5) is 11.2. The van der Waals surface area contributed by atoms with Gasteiger partial charge in [-0.3, -0.25) is 4.79 Å². The Morgan fingerprint density at radius 1 is 1.10 bits per heavy atom. The zero-order valence-electron chi connectivity index (χ0n) is 12.7. The van der Waals surface area contributed by atoms with Gasteiger partial charge in [0.05, 0.1) is 13.7 Å². The van der Waals surface area contributed by atoms with Crippen molar-refractivity contribution in [2.75, 3.05) is 13.7 Å². The Balaban J connectivity index is 2.35. The summed E-state index contributed by atoms with van der Waals surface area (Å²) in [6, 6.07) is 7.92. The molecule has 1 aromatic carbocycles. The Labute approximate surface area is 122 Å². The first-order valence-electron chi connectivity index (χ1n) is 7.55. The minimum Gasteiger partial charge on any atom is -0.493 e. The number of rotatable bonds is 10. The molecule has 0 heterocycles. The number of ether oxygens (including phenoxy) is 2. The van der Waals surface area contributed by atoms with E-state index in [9.17, 15) is 4.79 Å². The summed E-state index contributed by atoms with van der Waals surface area (Å²) < 4.78 is 10.5. The van der Waals surface area contributed by atoms with E-state index in [1.54, 1.807) is 0 Å². The van der Waals surface area contributed by atoms with Crippen LogP contribution in [0.3, 0.4) is 0 Å². The van der Waals surface area contributed by atoms with E-state index in [1.807, 2.05) is 24.3 Å². The smallest absolute Gasteiger partial charge is 0.305 e. The highest BCUT2D eigenvalue weighted by Gasteiger charge is 2.06. The number of methoxy groups -OCH3 is 1. The molecule has 3 heteroatoms. The number of carbonyl (C=O) groups is 1. The Hall–Kier alpha value is -1.51. The fourth-order valence-corrected chi connectivity index (χ4v) is 2.08. The largest absolute Gasteiger partial charge is 0.493 e. The first-order chi connectivity index (χ1) is 9.77. The molecule has 0 aromatic heterocycles. The number of para-hydroxylation sites is 1. The molecule has 0 spiro atoms. The van der Waals surface area contributed by atoms with Crippen molar-refractivity contribution < 1.29 is 14.3 Å². The second-order valence-electron chi connectivity index (χ2n) is 4.95. The van der Waals surface area contributed by atoms with Crippen LogP contribution in [0, 0.1) is 0 Å². The molecule has 0 atom stereocenters. The molecule has 0 bridgehead atoms. The number of hydrogen-bond donors (Lipinski definition) is 0. The first kappa shape index (κ1) is 16.5. The lowest BCUT2D eigenvalue weighted by Crippen LogP contribution is -2.04. The summed E-state index contributed by atoms with van der Waals surface area (Å²) >= 11 is 0. The third-order valence-electron chi connectivity index (χ3n) is 3.30. The van der Waals surface area contributed by atoms with Crippen molar-refractivity contribution in [1.82, 2.24) is 0 Å². The molecule has 1 aromatic rings. The van der Waals surface area contributed by atoms with Gasteiger partial charge in [-0.25, -0.2) is 0 Å². The summed E-state index contributed by atoms with van der Waals surface area (Å²) in [5, 5.41) is 0. The van der Waals surface area contributed by atoms with Crippen molar-refractivity contribution >= 4 is 5.97 Å². The van der Waals surface area contributed by atoms with Gasteiger partial charge >= 0.3 is 5.97 Å². The van der Waals surface area contributed by atoms with Crippen molar-refractivity contribution in [1.29, 1.82) is 0 Å². The molecule has 0 amide bonds. The Morgan fingerprint density at radius 2 is 1.85 bits per heavy atom. The molecule has 0 aliphatic carbocycles. The molecule has 0 saturated carbocycles. The van der Waals surface area contributed by atoms with Gasteiger partial charge in [-0.15, -0.1) is 0 Å². The van der Waals surface area contributed by atoms with Crippen LogP contribution < -0.4 is 4.74 Å². The highest BCUT2D eigenvalue weighted by atomic mass is 16.5. The van der Waals surface area contributed by atoms with Crippen LogP contribution in [0.5, 0.6) is 5.75 Å². The number of carbonyl (C=O) groups excluding carboxylic acids is 1. The van der Waals surface area contributed by atoms with Crippen LogP contribution >= 0.6 is 0 Å². The Bertz CT molecular complexity index is 388. The topological polar surface area (TPSA) is 35.5 Å². The van der Waals surface area contributed by atoms with Gasteiger partial charge in [0.1, 0.15) is 5.75 Å². The maximum Gasteiger partial charge on any atom is 0.305 e. The Morgan fingerprint density at radius 3 is 2.60 bits per heavy atom. The lowest BCUT2D eigenvalue weighted by Gasteiger charge is -2.11. The van der Waals surface area contributed by atoms with E-state index in [1.165, 1.54) is 32.8 Å². The molecular weight excluding hydrogens is 252 g/mol. The summed E-state index contributed by atoms with van der Waals surface area (Å²) in [5.74, 6) is 0.714. The summed E-state index contributed by atoms with van der Waals surface area (Å²) in [6.45, 7) is 2.97. The third-order valence-corrected chi connectivity index (χ3v) is 3.30. The molecule has 0 N–H and O–H groups in total. The van der Waals surface area contributed by atoms with E-state index >= 15 is 0 Å². The molecule has 0 saturated heterocycles. The molecule has 0 unspecified atom stereocenters. The van der Waals surface area contributed by atoms with Gasteiger partial charge in [0.25, 0.3) is 0 Å². The zero-order chi connectivity index (χ0) is 14.6. The van der Waals surface area contributed by atoms with E-state index < -0.39 is 0 Å². The van der Waals surface area contributed by atoms with Crippen LogP contribution in [0.1, 0.15) is 51.0 Å². The van der Waals surface area contributed by atoms with Crippen LogP contribution in [0.15, 0.2) is 24.3 Å². The van der Waals surface area contributed by atoms with Crippen LogP contribution in [0.4, 0.5) is 0 Å². The predicted molar refractivity (Wildman–Crippen MR) is 81.0 cm³/mol. The van der Waals surface area contributed by atoms with E-state index in [-0.39, 0.29) is 5.97 Å². The summed E-state index contributed by atoms with van der Waals surface area (Å²) in [7, 11) is 1.42. The molecule has 0 radical (unpaired) electrons. The molecule has 0 aliphatic heterocycles. The van der Waals surface area contributed by atoms with E-state index in [0.717, 1.165) is 24.3 Å². The van der Waals surface area contributed by atoms with Crippen molar-refractivity contribution in [2.45, 2.75) is 51.9 Å². The number of aryl methyl sites for hydroxylation is 1. The highest BCUT2D eigenvalue weighted by molar-refractivity contribution is 5.69. The van der Waals surface area contributed by atoms with Crippen LogP contribution in [0.2, 0.25) is 0 Å². The molecule has 112 valence electrons. The second kappa shape index (κ2) is 10.3. The zero-order valence-corrected chi connectivity index (χ0v) is 12.7. The van der Waals surface area contributed by atoms with Gasteiger partial charge in [0.15, 0.2) is 0 Å². The molecular formula is C17H26O3. The second-order valence-corrected chi connectivity index (χ2v) is 4.95. The minimum atomic E-state index is -0.181. The SMILES string of the molecule is CCCCCCCOc1ccccc1CCC(=O)OC. The predicted octanol–water partition coefficient (Wildman–Crippen LogP) is 4.14. The fourth-order valence-electron chi connectivity index (χ4n) is 2.08. The monoisotopic (exact) mass is 278 g/mol. The molecule has 1 rings (SSSR count). The lowest BCUT2D eigenvalue weighted by molar-refractivity contribution is -0.140. The van der Waals surface area contributed by atoms with Crippen LogP contribution in [-0.4, -0.2) is 19.7 Å². The van der Waals surface area contributed by atoms with Gasteiger partial charge < -0.3 is 9.47 Å². The van der Waals surface area contributed by atoms with Crippen LogP contribution in [0.25, 0.3) is 0 Å². The van der Waals surface area contributed by atoms with Crippen molar-refractivity contribution in [3.05, 3.63) is 29.8 Å². The molecule has 0 fully saturated rings. The molecule has 3 nitrogen and oxygen atoms in total. The van der Waals surface area contributed by atoms with E-state index in [4.69, 9.17) is 4.74 Å². The standard InChI is InChI=1S/C17H26O3/c1-3-4-5-6-9-14-20-16-11-8-7-10-15(16)12-13-17(18)19-2/h7-8,10-11H,3-6,9,12-14H2,1-2H3. The van der Waals surface area contributed by atoms with Gasteiger partial charge in [-0.05, 0) is 24.5 Å². The van der Waals surface area contributed by atoms with Gasteiger partial charge in [-0.2, -0.15) is 0 Å². The van der Waals surface area contributed by atoms with Gasteiger partial charge in [0.2, 0.25) is 0 Å². The number of hydrogen-bond acceptors (Lipinski definition) is 3. The highest BCUT2D eigenvalue weighted by Crippen LogP contribution is 2.20. The maximum atomic E-state index is 11.2. The van der Waals surface area contributed by atoms with E-state index in [0.29, 0.717) is 12.8 Å². The molecule has 20 heavy (non-hydrogen) atoms. The van der Waals surface area contributed by atoms with Crippen molar-refractivity contribution in [3.8, 4) is 5.75 Å². The normalized spacial score (nSPS) is 10.3. The minimum absolute atomic E-state index is 0.181. The molecule has 0 aliphatic rings. The quantitative estimate of drug-likeness (QED) is 0.476. The third kappa shape index (κ3) is 6.60. The Kier molecular flexibility index (Phi) is 8.52. The van der Waals surface area contributed by atoms with Crippen molar-refractivity contribution in [2.24, 2.45) is 0 Å². The number of benzene rings is 1. The van der Waals surface area contributed by atoms with Crippen molar-refractivity contribution in [3.63, 3.8) is 0 Å². The van der Waals surface area contributed by atoms with Gasteiger partial charge in [-0.1, -0.05) is 50.8 Å². The summed E-state index contributed by atoms with van der Waals surface area (Å²) in [5.41, 5.74) is 1.08. The van der Waals surface area contributed by atoms with E-state index in [2.05, 4.69) is 11.7 Å². The van der Waals surface area contributed by atoms with Crippen LogP contribution in [-0.2, 0) is 16.0 Å². The fraction of sp³-hybridized carbons (Fsp3) is 0.588. The van der Waals surface area contributed by atoms with Gasteiger partial charge in [0, 0.05) is 6.42 Å². The maximum absolute atomic E-state index is 11.2. The number of unbranched alkanes of at least 4 members (excludes halogenated alkanes) is 4. The summed E-state index contributed by atoms with van der Waals surface area (Å²) in [6.07, 6.45) is 7.21. The average Bonchev–Trinajstić information content (AvgIpc) is 2.49. The lowest BCUT2D eigenvalue weighted by atomic mass is 10.1. The first-order valence-corrected chi connectivity index (χ1v) is 7.55. The number of esters is 1.